The first-order valence-electron chi connectivity index (χ1n) is 8.87. The minimum absolute atomic E-state index is 0.606. The number of nitrogens with zero attached hydrogens (tertiary/aromatic N) is 2. The maximum absolute atomic E-state index is 3.36. The zero-order chi connectivity index (χ0) is 17.4. The second-order valence-corrected chi connectivity index (χ2v) is 6.46. The lowest BCUT2D eigenvalue weighted by molar-refractivity contribution is 0.653. The highest BCUT2D eigenvalue weighted by Gasteiger charge is 2.17. The van der Waals surface area contributed by atoms with Gasteiger partial charge >= 0.3 is 0 Å². The summed E-state index contributed by atoms with van der Waals surface area (Å²) in [5.74, 6) is 0.606. The number of rotatable bonds is 3. The van der Waals surface area contributed by atoms with E-state index in [4.69, 9.17) is 0 Å². The monoisotopic (exact) mass is 322 g/mol. The first-order chi connectivity index (χ1) is 11.7. The standard InChI is InChI=1S/C19H24N2.C3H6/c1-16(2)17-8-10-19(11-9-17)21-14-12-20(13-15-21)18-6-4-3-5-7-18;1-3-2/h3-11,16H,12-15H2,1-2H3;3H,1H2,2H3. The van der Waals surface area contributed by atoms with Crippen molar-refractivity contribution >= 4 is 11.4 Å². The van der Waals surface area contributed by atoms with Gasteiger partial charge in [-0.3, -0.25) is 0 Å². The summed E-state index contributed by atoms with van der Waals surface area (Å²) in [4.78, 5) is 4.96. The lowest BCUT2D eigenvalue weighted by atomic mass is 10.0. The highest BCUT2D eigenvalue weighted by atomic mass is 15.3. The first-order valence-corrected chi connectivity index (χ1v) is 8.87. The van der Waals surface area contributed by atoms with Crippen molar-refractivity contribution in [3.63, 3.8) is 0 Å². The molecule has 128 valence electrons. The fraction of sp³-hybridized carbons (Fsp3) is 0.364. The average Bonchev–Trinajstić information content (AvgIpc) is 2.63. The Morgan fingerprint density at radius 2 is 1.21 bits per heavy atom. The third-order valence-electron chi connectivity index (χ3n) is 4.33. The molecular formula is C22H30N2. The SMILES string of the molecule is C=CC.CC(C)c1ccc(N2CCN(c3ccccc3)CC2)cc1. The van der Waals surface area contributed by atoms with E-state index in [1.54, 1.807) is 6.08 Å². The second kappa shape index (κ2) is 9.17. The van der Waals surface area contributed by atoms with Gasteiger partial charge in [0.1, 0.15) is 0 Å². The maximum atomic E-state index is 3.36. The van der Waals surface area contributed by atoms with Crippen molar-refractivity contribution in [3.8, 4) is 0 Å². The van der Waals surface area contributed by atoms with Crippen LogP contribution in [0.1, 0.15) is 32.3 Å². The first kappa shape index (κ1) is 18.1. The zero-order valence-corrected chi connectivity index (χ0v) is 15.3. The van der Waals surface area contributed by atoms with Gasteiger partial charge in [0, 0.05) is 37.6 Å². The summed E-state index contributed by atoms with van der Waals surface area (Å²) in [5.41, 5.74) is 4.11. The lowest BCUT2D eigenvalue weighted by Gasteiger charge is -2.37. The molecule has 0 saturated carbocycles. The summed E-state index contributed by atoms with van der Waals surface area (Å²) in [6.07, 6.45) is 1.75. The van der Waals surface area contributed by atoms with Crippen LogP contribution in [0, 0.1) is 0 Å². The molecule has 0 bridgehead atoms. The Hall–Kier alpha value is -2.22. The van der Waals surface area contributed by atoms with Gasteiger partial charge in [-0.05, 0) is 42.7 Å². The van der Waals surface area contributed by atoms with E-state index in [2.05, 4.69) is 84.8 Å². The highest BCUT2D eigenvalue weighted by Crippen LogP contribution is 2.22. The molecule has 0 spiro atoms. The smallest absolute Gasteiger partial charge is 0.0367 e. The van der Waals surface area contributed by atoms with Gasteiger partial charge in [-0.25, -0.2) is 0 Å². The van der Waals surface area contributed by atoms with E-state index in [9.17, 15) is 0 Å². The molecule has 2 nitrogen and oxygen atoms in total. The molecule has 3 rings (SSSR count). The summed E-state index contributed by atoms with van der Waals surface area (Å²) in [7, 11) is 0. The van der Waals surface area contributed by atoms with Crippen LogP contribution in [0.3, 0.4) is 0 Å². The molecule has 2 heteroatoms. The Labute approximate surface area is 147 Å². The number of piperazine rings is 1. The van der Waals surface area contributed by atoms with E-state index in [1.165, 1.54) is 16.9 Å². The molecular weight excluding hydrogens is 292 g/mol. The molecule has 0 amide bonds. The molecule has 0 unspecified atom stereocenters. The second-order valence-electron chi connectivity index (χ2n) is 6.46. The lowest BCUT2D eigenvalue weighted by Crippen LogP contribution is -2.46. The van der Waals surface area contributed by atoms with Gasteiger partial charge in [0.2, 0.25) is 0 Å². The van der Waals surface area contributed by atoms with Crippen LogP contribution in [0.2, 0.25) is 0 Å². The number of benzene rings is 2. The van der Waals surface area contributed by atoms with E-state index < -0.39 is 0 Å². The predicted molar refractivity (Wildman–Crippen MR) is 107 cm³/mol. The third kappa shape index (κ3) is 4.89. The van der Waals surface area contributed by atoms with Gasteiger partial charge in [0.05, 0.1) is 0 Å². The van der Waals surface area contributed by atoms with Gasteiger partial charge in [0.25, 0.3) is 0 Å². The molecule has 1 heterocycles. The van der Waals surface area contributed by atoms with E-state index in [1.807, 2.05) is 6.92 Å². The normalized spacial score (nSPS) is 14.2. The van der Waals surface area contributed by atoms with Crippen molar-refractivity contribution in [2.75, 3.05) is 36.0 Å². The number of hydrogen-bond acceptors (Lipinski definition) is 2. The summed E-state index contributed by atoms with van der Waals surface area (Å²) in [5, 5.41) is 0. The van der Waals surface area contributed by atoms with E-state index in [-0.39, 0.29) is 0 Å². The molecule has 0 aromatic heterocycles. The van der Waals surface area contributed by atoms with E-state index >= 15 is 0 Å². The van der Waals surface area contributed by atoms with Crippen LogP contribution < -0.4 is 9.80 Å². The van der Waals surface area contributed by atoms with Crippen LogP contribution in [-0.4, -0.2) is 26.2 Å². The van der Waals surface area contributed by atoms with Crippen LogP contribution in [0.25, 0.3) is 0 Å². The Balaban J connectivity index is 0.000000647. The molecule has 1 aliphatic rings. The van der Waals surface area contributed by atoms with Gasteiger partial charge in [0.15, 0.2) is 0 Å². The van der Waals surface area contributed by atoms with Gasteiger partial charge in [-0.15, -0.1) is 6.58 Å². The minimum atomic E-state index is 0.606. The molecule has 2 aromatic rings. The Morgan fingerprint density at radius 3 is 1.62 bits per heavy atom. The minimum Gasteiger partial charge on any atom is -0.368 e. The molecule has 0 aliphatic carbocycles. The molecule has 0 N–H and O–H groups in total. The van der Waals surface area contributed by atoms with Crippen LogP contribution in [-0.2, 0) is 0 Å². The number of hydrogen-bond donors (Lipinski definition) is 0. The average molecular weight is 322 g/mol. The highest BCUT2D eigenvalue weighted by molar-refractivity contribution is 5.52. The predicted octanol–water partition coefficient (Wildman–Crippen LogP) is 5.33. The number of allylic oxidation sites excluding steroid dienone is 1. The molecule has 0 atom stereocenters. The topological polar surface area (TPSA) is 6.48 Å². The Morgan fingerprint density at radius 1 is 0.792 bits per heavy atom. The van der Waals surface area contributed by atoms with E-state index in [0.717, 1.165) is 26.2 Å². The summed E-state index contributed by atoms with van der Waals surface area (Å²) < 4.78 is 0. The largest absolute Gasteiger partial charge is 0.368 e. The Kier molecular flexibility index (Phi) is 6.92. The number of anilines is 2. The van der Waals surface area contributed by atoms with Crippen molar-refractivity contribution in [3.05, 3.63) is 72.8 Å². The molecule has 1 fully saturated rings. The summed E-state index contributed by atoms with van der Waals surface area (Å²) >= 11 is 0. The van der Waals surface area contributed by atoms with Gasteiger partial charge < -0.3 is 9.80 Å². The maximum Gasteiger partial charge on any atom is 0.0367 e. The van der Waals surface area contributed by atoms with Crippen molar-refractivity contribution < 1.29 is 0 Å². The van der Waals surface area contributed by atoms with Crippen LogP contribution in [0.5, 0.6) is 0 Å². The van der Waals surface area contributed by atoms with Gasteiger partial charge in [-0.2, -0.15) is 0 Å². The Bertz CT molecular complexity index is 594. The number of para-hydroxylation sites is 1. The van der Waals surface area contributed by atoms with Crippen molar-refractivity contribution in [1.29, 1.82) is 0 Å². The molecule has 24 heavy (non-hydrogen) atoms. The van der Waals surface area contributed by atoms with Crippen LogP contribution in [0.4, 0.5) is 11.4 Å². The molecule has 0 radical (unpaired) electrons. The van der Waals surface area contributed by atoms with Gasteiger partial charge in [-0.1, -0.05) is 50.3 Å². The van der Waals surface area contributed by atoms with Crippen LogP contribution >= 0.6 is 0 Å². The molecule has 1 saturated heterocycles. The molecule has 1 aliphatic heterocycles. The third-order valence-corrected chi connectivity index (χ3v) is 4.33. The van der Waals surface area contributed by atoms with Crippen molar-refractivity contribution in [2.24, 2.45) is 0 Å². The van der Waals surface area contributed by atoms with E-state index in [0.29, 0.717) is 5.92 Å². The summed E-state index contributed by atoms with van der Waals surface area (Å²) in [6, 6.07) is 19.8. The van der Waals surface area contributed by atoms with Crippen molar-refractivity contribution in [2.45, 2.75) is 26.7 Å². The summed E-state index contributed by atoms with van der Waals surface area (Å²) in [6.45, 7) is 14.1. The molecule has 2 aromatic carbocycles. The quantitative estimate of drug-likeness (QED) is 0.705. The van der Waals surface area contributed by atoms with Crippen molar-refractivity contribution in [1.82, 2.24) is 0 Å². The van der Waals surface area contributed by atoms with Crippen LogP contribution in [0.15, 0.2) is 67.3 Å². The fourth-order valence-corrected chi connectivity index (χ4v) is 2.93. The zero-order valence-electron chi connectivity index (χ0n) is 15.3. The fourth-order valence-electron chi connectivity index (χ4n) is 2.93.